The van der Waals surface area contributed by atoms with Crippen molar-refractivity contribution in [2.75, 3.05) is 0 Å². The summed E-state index contributed by atoms with van der Waals surface area (Å²) in [5, 5.41) is 4.39. The molecule has 3 heteroatoms. The maximum atomic E-state index is 5.64. The van der Waals surface area contributed by atoms with Crippen LogP contribution in [-0.2, 0) is 6.54 Å². The molecule has 2 aromatic rings. The van der Waals surface area contributed by atoms with Crippen molar-refractivity contribution in [2.24, 2.45) is 5.73 Å². The van der Waals surface area contributed by atoms with E-state index >= 15 is 0 Å². The molecule has 0 unspecified atom stereocenters. The fraction of sp³-hybridized carbons (Fsp3) is 0.182. The Morgan fingerprint density at radius 2 is 2.00 bits per heavy atom. The second kappa shape index (κ2) is 3.64. The summed E-state index contributed by atoms with van der Waals surface area (Å²) in [6, 6.07) is 12.0. The van der Waals surface area contributed by atoms with Crippen LogP contribution in [0.1, 0.15) is 11.4 Å². The Labute approximate surface area is 83.2 Å². The van der Waals surface area contributed by atoms with Crippen LogP contribution in [0.5, 0.6) is 0 Å². The molecule has 72 valence electrons. The van der Waals surface area contributed by atoms with Crippen LogP contribution in [-0.4, -0.2) is 9.78 Å². The van der Waals surface area contributed by atoms with Crippen LogP contribution in [0, 0.1) is 6.92 Å². The first kappa shape index (κ1) is 8.97. The zero-order chi connectivity index (χ0) is 9.97. The number of rotatable bonds is 2. The summed E-state index contributed by atoms with van der Waals surface area (Å²) in [4.78, 5) is 0. The summed E-state index contributed by atoms with van der Waals surface area (Å²) < 4.78 is 1.88. The zero-order valence-corrected chi connectivity index (χ0v) is 8.14. The van der Waals surface area contributed by atoms with Crippen LogP contribution in [0.2, 0.25) is 0 Å². The van der Waals surface area contributed by atoms with Gasteiger partial charge in [-0.1, -0.05) is 18.2 Å². The van der Waals surface area contributed by atoms with E-state index in [0.717, 1.165) is 17.1 Å². The molecule has 0 spiro atoms. The number of nitrogens with two attached hydrogens (primary N) is 1. The summed E-state index contributed by atoms with van der Waals surface area (Å²) in [6.45, 7) is 2.48. The van der Waals surface area contributed by atoms with Crippen molar-refractivity contribution in [1.29, 1.82) is 0 Å². The molecular weight excluding hydrogens is 174 g/mol. The van der Waals surface area contributed by atoms with Gasteiger partial charge in [-0.2, -0.15) is 5.10 Å². The van der Waals surface area contributed by atoms with Gasteiger partial charge in [0.2, 0.25) is 0 Å². The van der Waals surface area contributed by atoms with Crippen molar-refractivity contribution in [3.63, 3.8) is 0 Å². The lowest BCUT2D eigenvalue weighted by Gasteiger charge is -2.04. The molecule has 0 amide bonds. The maximum Gasteiger partial charge on any atom is 0.0649 e. The quantitative estimate of drug-likeness (QED) is 0.776. The molecular formula is C11H13N3. The molecule has 0 aliphatic rings. The van der Waals surface area contributed by atoms with Gasteiger partial charge in [-0.3, -0.25) is 0 Å². The van der Waals surface area contributed by atoms with Gasteiger partial charge in [0.05, 0.1) is 17.1 Å². The number of aromatic nitrogens is 2. The van der Waals surface area contributed by atoms with E-state index < -0.39 is 0 Å². The number of para-hydroxylation sites is 1. The SMILES string of the molecule is Cc1cc(CN)n(-c2ccccc2)n1. The molecule has 3 nitrogen and oxygen atoms in total. The third kappa shape index (κ3) is 1.54. The molecule has 0 atom stereocenters. The van der Waals surface area contributed by atoms with Gasteiger partial charge in [0.1, 0.15) is 0 Å². The highest BCUT2D eigenvalue weighted by molar-refractivity contribution is 5.33. The number of nitrogens with zero attached hydrogens (tertiary/aromatic N) is 2. The first-order valence-electron chi connectivity index (χ1n) is 4.62. The van der Waals surface area contributed by atoms with Crippen LogP contribution >= 0.6 is 0 Å². The minimum absolute atomic E-state index is 0.510. The Balaban J connectivity index is 2.51. The fourth-order valence-electron chi connectivity index (χ4n) is 1.49. The lowest BCUT2D eigenvalue weighted by atomic mass is 10.3. The van der Waals surface area contributed by atoms with Gasteiger partial charge in [0.15, 0.2) is 0 Å². The van der Waals surface area contributed by atoms with Gasteiger partial charge in [0, 0.05) is 6.54 Å². The van der Waals surface area contributed by atoms with Gasteiger partial charge in [-0.25, -0.2) is 4.68 Å². The molecule has 0 bridgehead atoms. The van der Waals surface area contributed by atoms with Crippen LogP contribution in [0.15, 0.2) is 36.4 Å². The summed E-state index contributed by atoms with van der Waals surface area (Å²) in [5.74, 6) is 0. The van der Waals surface area contributed by atoms with E-state index in [9.17, 15) is 0 Å². The highest BCUT2D eigenvalue weighted by Gasteiger charge is 2.04. The normalized spacial score (nSPS) is 10.4. The first-order chi connectivity index (χ1) is 6.81. The van der Waals surface area contributed by atoms with E-state index in [-0.39, 0.29) is 0 Å². The largest absolute Gasteiger partial charge is 0.325 e. The van der Waals surface area contributed by atoms with Crippen LogP contribution < -0.4 is 5.73 Å². The molecule has 14 heavy (non-hydrogen) atoms. The van der Waals surface area contributed by atoms with Crippen LogP contribution in [0.3, 0.4) is 0 Å². The summed E-state index contributed by atoms with van der Waals surface area (Å²) in [7, 11) is 0. The third-order valence-corrected chi connectivity index (χ3v) is 2.12. The summed E-state index contributed by atoms with van der Waals surface area (Å²) >= 11 is 0. The Morgan fingerprint density at radius 1 is 1.29 bits per heavy atom. The lowest BCUT2D eigenvalue weighted by molar-refractivity contribution is 0.795. The topological polar surface area (TPSA) is 43.8 Å². The number of hydrogen-bond acceptors (Lipinski definition) is 2. The van der Waals surface area contributed by atoms with Crippen molar-refractivity contribution in [3.05, 3.63) is 47.8 Å². The second-order valence-corrected chi connectivity index (χ2v) is 3.23. The smallest absolute Gasteiger partial charge is 0.0649 e. The molecule has 2 rings (SSSR count). The highest BCUT2D eigenvalue weighted by Crippen LogP contribution is 2.11. The van der Waals surface area contributed by atoms with E-state index in [0.29, 0.717) is 6.54 Å². The molecule has 1 aromatic heterocycles. The van der Waals surface area contributed by atoms with E-state index in [2.05, 4.69) is 5.10 Å². The molecule has 0 aliphatic carbocycles. The van der Waals surface area contributed by atoms with Gasteiger partial charge in [0.25, 0.3) is 0 Å². The Kier molecular flexibility index (Phi) is 2.33. The minimum Gasteiger partial charge on any atom is -0.325 e. The van der Waals surface area contributed by atoms with Gasteiger partial charge >= 0.3 is 0 Å². The molecule has 0 saturated heterocycles. The molecule has 0 radical (unpaired) electrons. The standard InChI is InChI=1S/C11H13N3/c1-9-7-11(8-12)14(13-9)10-5-3-2-4-6-10/h2-7H,8,12H2,1H3. The van der Waals surface area contributed by atoms with Gasteiger partial charge in [-0.15, -0.1) is 0 Å². The van der Waals surface area contributed by atoms with Crippen molar-refractivity contribution in [3.8, 4) is 5.69 Å². The maximum absolute atomic E-state index is 5.64. The zero-order valence-electron chi connectivity index (χ0n) is 8.14. The Morgan fingerprint density at radius 3 is 2.64 bits per heavy atom. The van der Waals surface area contributed by atoms with Crippen molar-refractivity contribution >= 4 is 0 Å². The second-order valence-electron chi connectivity index (χ2n) is 3.23. The molecule has 1 heterocycles. The van der Waals surface area contributed by atoms with Crippen molar-refractivity contribution in [1.82, 2.24) is 9.78 Å². The molecule has 0 aliphatic heterocycles. The average molecular weight is 187 g/mol. The average Bonchev–Trinajstić information content (AvgIpc) is 2.61. The molecule has 1 aromatic carbocycles. The highest BCUT2D eigenvalue weighted by atomic mass is 15.3. The summed E-state index contributed by atoms with van der Waals surface area (Å²) in [6.07, 6.45) is 0. The number of hydrogen-bond donors (Lipinski definition) is 1. The minimum atomic E-state index is 0.510. The van der Waals surface area contributed by atoms with E-state index in [1.54, 1.807) is 0 Å². The van der Waals surface area contributed by atoms with E-state index in [1.807, 2.05) is 48.0 Å². The first-order valence-corrected chi connectivity index (χ1v) is 4.62. The predicted molar refractivity (Wildman–Crippen MR) is 56.2 cm³/mol. The number of aryl methyl sites for hydroxylation is 1. The Bertz CT molecular complexity index is 417. The fourth-order valence-corrected chi connectivity index (χ4v) is 1.49. The van der Waals surface area contributed by atoms with E-state index in [1.165, 1.54) is 0 Å². The summed E-state index contributed by atoms with van der Waals surface area (Å²) in [5.41, 5.74) is 8.73. The van der Waals surface area contributed by atoms with Crippen LogP contribution in [0.4, 0.5) is 0 Å². The van der Waals surface area contributed by atoms with Crippen molar-refractivity contribution in [2.45, 2.75) is 13.5 Å². The predicted octanol–water partition coefficient (Wildman–Crippen LogP) is 1.64. The van der Waals surface area contributed by atoms with Crippen molar-refractivity contribution < 1.29 is 0 Å². The Hall–Kier alpha value is -1.61. The third-order valence-electron chi connectivity index (χ3n) is 2.12. The molecule has 0 fully saturated rings. The molecule has 2 N–H and O–H groups in total. The lowest BCUT2D eigenvalue weighted by Crippen LogP contribution is -2.06. The van der Waals surface area contributed by atoms with Gasteiger partial charge in [-0.05, 0) is 25.1 Å². The molecule has 0 saturated carbocycles. The van der Waals surface area contributed by atoms with Gasteiger partial charge < -0.3 is 5.73 Å². The van der Waals surface area contributed by atoms with E-state index in [4.69, 9.17) is 5.73 Å². The monoisotopic (exact) mass is 187 g/mol. The number of benzene rings is 1. The van der Waals surface area contributed by atoms with Crippen LogP contribution in [0.25, 0.3) is 5.69 Å².